The first-order valence-corrected chi connectivity index (χ1v) is 7.48. The fraction of sp³-hybridized carbons (Fsp3) is 0.286. The van der Waals surface area contributed by atoms with Crippen LogP contribution in [0.2, 0.25) is 0 Å². The fourth-order valence-electron chi connectivity index (χ4n) is 1.58. The average molecular weight is 433 g/mol. The normalized spacial score (nSPS) is 11.7. The van der Waals surface area contributed by atoms with E-state index < -0.39 is 12.0 Å². The Morgan fingerprint density at radius 1 is 1.22 bits per heavy atom. The SMILES string of the molecule is CO/N=C(/C(=O)NC(=O)OC)c1ccccc1CO/N=C(\C)I. The van der Waals surface area contributed by atoms with Gasteiger partial charge in [-0.3, -0.25) is 10.1 Å². The minimum Gasteiger partial charge on any atom is -0.453 e. The fourth-order valence-corrected chi connectivity index (χ4v) is 1.71. The van der Waals surface area contributed by atoms with Gasteiger partial charge in [0.05, 0.1) is 7.11 Å². The summed E-state index contributed by atoms with van der Waals surface area (Å²) < 4.78 is 5.13. The van der Waals surface area contributed by atoms with Gasteiger partial charge in [-0.1, -0.05) is 34.6 Å². The molecule has 1 aromatic carbocycles. The number of oxime groups is 2. The summed E-state index contributed by atoms with van der Waals surface area (Å²) in [6.07, 6.45) is -0.891. The maximum absolute atomic E-state index is 12.1. The third-order valence-corrected chi connectivity index (χ3v) is 2.68. The Morgan fingerprint density at radius 3 is 2.52 bits per heavy atom. The highest BCUT2D eigenvalue weighted by Crippen LogP contribution is 2.13. The maximum atomic E-state index is 12.1. The molecular weight excluding hydrogens is 417 g/mol. The molecule has 2 amide bonds. The van der Waals surface area contributed by atoms with E-state index in [4.69, 9.17) is 9.68 Å². The number of methoxy groups -OCH3 is 1. The molecule has 0 aliphatic rings. The molecular formula is C14H16IN3O5. The molecule has 0 radical (unpaired) electrons. The van der Waals surface area contributed by atoms with Gasteiger partial charge < -0.3 is 14.4 Å². The van der Waals surface area contributed by atoms with Crippen LogP contribution in [0, 0.1) is 0 Å². The highest BCUT2D eigenvalue weighted by atomic mass is 127. The molecule has 0 atom stereocenters. The van der Waals surface area contributed by atoms with Crippen LogP contribution in [0.25, 0.3) is 0 Å². The van der Waals surface area contributed by atoms with E-state index in [1.54, 1.807) is 31.2 Å². The van der Waals surface area contributed by atoms with E-state index in [-0.39, 0.29) is 12.3 Å². The van der Waals surface area contributed by atoms with Gasteiger partial charge in [-0.05, 0) is 29.5 Å². The predicted octanol–water partition coefficient (Wildman–Crippen LogP) is 2.20. The van der Waals surface area contributed by atoms with Crippen LogP contribution in [0.5, 0.6) is 0 Å². The van der Waals surface area contributed by atoms with Gasteiger partial charge >= 0.3 is 6.09 Å². The molecule has 23 heavy (non-hydrogen) atoms. The highest BCUT2D eigenvalue weighted by Gasteiger charge is 2.21. The van der Waals surface area contributed by atoms with Crippen molar-refractivity contribution >= 4 is 44.0 Å². The standard InChI is InChI=1S/C14H16IN3O5/c1-9(15)17-23-8-10-6-4-5-7-11(10)12(18-22-3)13(19)16-14(20)21-2/h4-7H,8H2,1-3H3,(H,16,19,20)/b17-9+,18-12+. The van der Waals surface area contributed by atoms with Crippen molar-refractivity contribution in [2.75, 3.05) is 14.2 Å². The lowest BCUT2D eigenvalue weighted by Crippen LogP contribution is -2.37. The van der Waals surface area contributed by atoms with Crippen molar-refractivity contribution in [1.82, 2.24) is 5.32 Å². The van der Waals surface area contributed by atoms with Gasteiger partial charge in [-0.25, -0.2) is 4.79 Å². The summed E-state index contributed by atoms with van der Waals surface area (Å²) in [5.41, 5.74) is 1.04. The van der Waals surface area contributed by atoms with Gasteiger partial charge in [-0.2, -0.15) is 0 Å². The molecule has 1 N–H and O–H groups in total. The van der Waals surface area contributed by atoms with Crippen LogP contribution in [0.15, 0.2) is 34.6 Å². The molecule has 8 nitrogen and oxygen atoms in total. The summed E-state index contributed by atoms with van der Waals surface area (Å²) in [6.45, 7) is 1.92. The van der Waals surface area contributed by atoms with Crippen LogP contribution in [0.4, 0.5) is 4.79 Å². The quantitative estimate of drug-likeness (QED) is 0.422. The Labute approximate surface area is 147 Å². The lowest BCUT2D eigenvalue weighted by Gasteiger charge is -2.10. The molecule has 1 aromatic rings. The van der Waals surface area contributed by atoms with Crippen molar-refractivity contribution < 1.29 is 24.0 Å². The van der Waals surface area contributed by atoms with Gasteiger partial charge in [0, 0.05) is 11.1 Å². The number of nitrogens with one attached hydrogen (secondary N) is 1. The number of imide groups is 1. The number of halogens is 1. The molecule has 0 aromatic heterocycles. The molecule has 0 saturated heterocycles. The molecule has 0 aliphatic carbocycles. The number of hydrogen-bond donors (Lipinski definition) is 1. The summed E-state index contributed by atoms with van der Waals surface area (Å²) in [5, 5.41) is 9.55. The maximum Gasteiger partial charge on any atom is 0.413 e. The third-order valence-electron chi connectivity index (χ3n) is 2.48. The van der Waals surface area contributed by atoms with Crippen LogP contribution in [0.1, 0.15) is 18.1 Å². The Hall–Kier alpha value is -2.17. The van der Waals surface area contributed by atoms with Crippen molar-refractivity contribution in [1.29, 1.82) is 0 Å². The van der Waals surface area contributed by atoms with Crippen molar-refractivity contribution in [3.8, 4) is 0 Å². The lowest BCUT2D eigenvalue weighted by atomic mass is 10.0. The first-order chi connectivity index (χ1) is 11.0. The van der Waals surface area contributed by atoms with Crippen LogP contribution in [0.3, 0.4) is 0 Å². The second-order valence-corrected chi connectivity index (χ2v) is 5.65. The topological polar surface area (TPSA) is 98.6 Å². The summed E-state index contributed by atoms with van der Waals surface area (Å²) in [7, 11) is 2.45. The van der Waals surface area contributed by atoms with Crippen molar-refractivity contribution in [2.24, 2.45) is 10.3 Å². The summed E-state index contributed by atoms with van der Waals surface area (Å²) >= 11 is 2.01. The number of benzene rings is 1. The molecule has 1 rings (SSSR count). The molecule has 0 fully saturated rings. The summed E-state index contributed by atoms with van der Waals surface area (Å²) in [5.74, 6) is -0.750. The number of rotatable bonds is 6. The lowest BCUT2D eigenvalue weighted by molar-refractivity contribution is -0.114. The minimum atomic E-state index is -0.891. The van der Waals surface area contributed by atoms with E-state index in [9.17, 15) is 9.59 Å². The Bertz CT molecular complexity index is 627. The average Bonchev–Trinajstić information content (AvgIpc) is 2.52. The smallest absolute Gasteiger partial charge is 0.413 e. The number of carbonyl (C=O) groups excluding carboxylic acids is 2. The Kier molecular flexibility index (Phi) is 8.02. The molecule has 9 heteroatoms. The molecule has 0 aliphatic heterocycles. The highest BCUT2D eigenvalue weighted by molar-refractivity contribution is 14.1. The summed E-state index contributed by atoms with van der Waals surface area (Å²) in [4.78, 5) is 33.2. The van der Waals surface area contributed by atoms with Crippen molar-refractivity contribution in [3.05, 3.63) is 35.4 Å². The number of alkyl carbamates (subject to hydrolysis) is 1. The van der Waals surface area contributed by atoms with Gasteiger partial charge in [0.15, 0.2) is 5.71 Å². The zero-order valence-corrected chi connectivity index (χ0v) is 15.0. The third kappa shape index (κ3) is 6.22. The molecule has 0 unspecified atom stereocenters. The van der Waals surface area contributed by atoms with E-state index in [1.807, 2.05) is 27.9 Å². The van der Waals surface area contributed by atoms with Crippen molar-refractivity contribution in [2.45, 2.75) is 13.5 Å². The van der Waals surface area contributed by atoms with Gasteiger partial charge in [0.25, 0.3) is 5.91 Å². The van der Waals surface area contributed by atoms with E-state index in [0.717, 1.165) is 10.8 Å². The van der Waals surface area contributed by atoms with Gasteiger partial charge in [0.1, 0.15) is 17.4 Å². The minimum absolute atomic E-state index is 0.0766. The van der Waals surface area contributed by atoms with E-state index in [0.29, 0.717) is 11.1 Å². The second-order valence-electron chi connectivity index (χ2n) is 4.09. The van der Waals surface area contributed by atoms with Crippen LogP contribution >= 0.6 is 22.6 Å². The van der Waals surface area contributed by atoms with Crippen LogP contribution < -0.4 is 5.32 Å². The van der Waals surface area contributed by atoms with Crippen LogP contribution in [-0.4, -0.2) is 35.7 Å². The molecule has 0 bridgehead atoms. The van der Waals surface area contributed by atoms with E-state index in [1.165, 1.54) is 7.11 Å². The second kappa shape index (κ2) is 9.77. The molecule has 0 spiro atoms. The van der Waals surface area contributed by atoms with Gasteiger partial charge in [-0.15, -0.1) is 0 Å². The predicted molar refractivity (Wildman–Crippen MR) is 92.5 cm³/mol. The molecule has 124 valence electrons. The van der Waals surface area contributed by atoms with Crippen LogP contribution in [-0.2, 0) is 25.8 Å². The first-order valence-electron chi connectivity index (χ1n) is 6.40. The first kappa shape index (κ1) is 18.9. The summed E-state index contributed by atoms with van der Waals surface area (Å²) in [6, 6.07) is 6.92. The largest absolute Gasteiger partial charge is 0.453 e. The van der Waals surface area contributed by atoms with E-state index in [2.05, 4.69) is 15.0 Å². The monoisotopic (exact) mass is 433 g/mol. The number of hydrogen-bond acceptors (Lipinski definition) is 7. The molecule has 0 saturated carbocycles. The zero-order valence-electron chi connectivity index (χ0n) is 12.8. The van der Waals surface area contributed by atoms with Crippen molar-refractivity contribution in [3.63, 3.8) is 0 Å². The Balaban J connectivity index is 3.08. The van der Waals surface area contributed by atoms with E-state index >= 15 is 0 Å². The number of ether oxygens (including phenoxy) is 1. The van der Waals surface area contributed by atoms with Gasteiger partial charge in [0.2, 0.25) is 0 Å². The molecule has 0 heterocycles. The number of amides is 2. The number of nitrogens with zero attached hydrogens (tertiary/aromatic N) is 2. The number of carbonyl (C=O) groups is 2. The zero-order chi connectivity index (χ0) is 17.2. The Morgan fingerprint density at radius 2 is 1.91 bits per heavy atom.